The van der Waals surface area contributed by atoms with Crippen LogP contribution in [0.5, 0.6) is 0 Å². The highest BCUT2D eigenvalue weighted by molar-refractivity contribution is 6.78. The summed E-state index contributed by atoms with van der Waals surface area (Å²) in [6.45, 7) is 16.6. The molecule has 2 aromatic rings. The molecule has 4 rings (SSSR count). The summed E-state index contributed by atoms with van der Waals surface area (Å²) in [5.74, 6) is 0.586. The normalized spacial score (nSPS) is 22.5. The van der Waals surface area contributed by atoms with E-state index in [1.54, 1.807) is 0 Å². The summed E-state index contributed by atoms with van der Waals surface area (Å²) in [5, 5.41) is 2.72. The van der Waals surface area contributed by atoms with Crippen LogP contribution in [0, 0.1) is 5.92 Å². The second-order valence-corrected chi connectivity index (χ2v) is 17.7. The summed E-state index contributed by atoms with van der Waals surface area (Å²) in [6.07, 6.45) is 1.93. The predicted octanol–water partition coefficient (Wildman–Crippen LogP) is 3.89. The van der Waals surface area contributed by atoms with Crippen molar-refractivity contribution >= 4 is 32.7 Å². The molecule has 0 radical (unpaired) electrons. The van der Waals surface area contributed by atoms with E-state index in [9.17, 15) is 9.59 Å². The van der Waals surface area contributed by atoms with Gasteiger partial charge in [-0.05, 0) is 50.7 Å². The van der Waals surface area contributed by atoms with Gasteiger partial charge in [-0.25, -0.2) is 9.78 Å². The molecular weight excluding hydrogens is 499 g/mol. The number of alkyl carbamates (subject to hydrolysis) is 1. The topological polar surface area (TPSA) is 106 Å². The van der Waals surface area contributed by atoms with Crippen LogP contribution in [0.15, 0.2) is 30.5 Å². The fourth-order valence-corrected chi connectivity index (χ4v) is 7.96. The predicted molar refractivity (Wildman–Crippen MR) is 151 cm³/mol. The van der Waals surface area contributed by atoms with Crippen molar-refractivity contribution in [3.8, 4) is 11.3 Å². The number of hydrogen-bond acceptors (Lipinski definition) is 6. The van der Waals surface area contributed by atoms with Crippen molar-refractivity contribution in [3.63, 3.8) is 0 Å². The van der Waals surface area contributed by atoms with Crippen LogP contribution in [0.2, 0.25) is 19.1 Å². The van der Waals surface area contributed by atoms with Crippen molar-refractivity contribution in [3.05, 3.63) is 36.3 Å². The Morgan fingerprint density at radius 1 is 1.16 bits per heavy atom. The largest absolute Gasteiger partial charge is 0.494 e. The molecule has 2 fully saturated rings. The molecule has 0 aliphatic carbocycles. The summed E-state index contributed by atoms with van der Waals surface area (Å²) in [7, 11) is -0.793. The molecule has 0 saturated carbocycles. The molecule has 9 nitrogen and oxygen atoms in total. The molecule has 1 aromatic carbocycles. The number of nitrogens with zero attached hydrogens (tertiary/aromatic N) is 2. The number of imidazole rings is 1. The average molecular weight is 541 g/mol. The zero-order valence-corrected chi connectivity index (χ0v) is 25.0. The summed E-state index contributed by atoms with van der Waals surface area (Å²) >= 11 is 0. The molecule has 206 valence electrons. The molecule has 38 heavy (non-hydrogen) atoms. The zero-order valence-electron chi connectivity index (χ0n) is 24.0. The molecule has 2 aliphatic rings. The highest BCUT2D eigenvalue weighted by Gasteiger charge is 2.51. The standard InChI is InChI=1S/C27H41BN4O5Si/c1-17(2)22(31-25(34)35-7)24(33)32-16-38(8,9)15-21(32)23-29-14-20(30-23)18-10-12-19(13-11-18)28-36-26(3,4)27(5,6)37-28/h10-14,17,21-22H,15-16H2,1-9H3,(H,29,30)(H,31,34). The van der Waals surface area contributed by atoms with Gasteiger partial charge in [-0.2, -0.15) is 0 Å². The van der Waals surface area contributed by atoms with Gasteiger partial charge in [0.15, 0.2) is 0 Å². The van der Waals surface area contributed by atoms with Gasteiger partial charge in [0.2, 0.25) is 5.91 Å². The van der Waals surface area contributed by atoms with Gasteiger partial charge in [0.25, 0.3) is 0 Å². The lowest BCUT2D eigenvalue weighted by Crippen LogP contribution is -2.52. The summed E-state index contributed by atoms with van der Waals surface area (Å²) in [6, 6.07) is 8.17. The first kappa shape index (κ1) is 28.4. The molecule has 2 unspecified atom stereocenters. The van der Waals surface area contributed by atoms with Gasteiger partial charge in [-0.1, -0.05) is 51.2 Å². The zero-order chi connectivity index (χ0) is 28.0. The van der Waals surface area contributed by atoms with Crippen molar-refractivity contribution in [2.24, 2.45) is 5.92 Å². The maximum atomic E-state index is 13.7. The van der Waals surface area contributed by atoms with Gasteiger partial charge in [0.05, 0.1) is 44.3 Å². The van der Waals surface area contributed by atoms with Crippen LogP contribution < -0.4 is 10.8 Å². The van der Waals surface area contributed by atoms with E-state index in [0.717, 1.165) is 28.6 Å². The molecule has 2 N–H and O–H groups in total. The van der Waals surface area contributed by atoms with Gasteiger partial charge in [0.1, 0.15) is 11.9 Å². The number of ether oxygens (including phenoxy) is 1. The Morgan fingerprint density at radius 3 is 2.32 bits per heavy atom. The van der Waals surface area contributed by atoms with Crippen LogP contribution in [0.4, 0.5) is 4.79 Å². The Morgan fingerprint density at radius 2 is 1.76 bits per heavy atom. The number of carbonyl (C=O) groups is 2. The Hall–Kier alpha value is -2.63. The van der Waals surface area contributed by atoms with Gasteiger partial charge < -0.3 is 29.2 Å². The van der Waals surface area contributed by atoms with Crippen molar-refractivity contribution < 1.29 is 23.6 Å². The molecule has 0 spiro atoms. The highest BCUT2D eigenvalue weighted by Crippen LogP contribution is 2.39. The van der Waals surface area contributed by atoms with Crippen LogP contribution >= 0.6 is 0 Å². The molecule has 2 atom stereocenters. The SMILES string of the molecule is COC(=O)NC(C(=O)N1C[Si](C)(C)CC1c1ncc(-c2ccc(B3OC(C)(C)C(C)(C)O3)cc2)[nH]1)C(C)C. The third-order valence-electron chi connectivity index (χ3n) is 8.05. The van der Waals surface area contributed by atoms with E-state index in [4.69, 9.17) is 19.0 Å². The van der Waals surface area contributed by atoms with E-state index in [-0.39, 0.29) is 17.9 Å². The van der Waals surface area contributed by atoms with Gasteiger partial charge in [0, 0.05) is 6.17 Å². The lowest BCUT2D eigenvalue weighted by molar-refractivity contribution is -0.135. The third-order valence-corrected chi connectivity index (χ3v) is 10.7. The number of methoxy groups -OCH3 is 1. The molecule has 2 aliphatic heterocycles. The lowest BCUT2D eigenvalue weighted by Gasteiger charge is -2.32. The van der Waals surface area contributed by atoms with E-state index in [1.165, 1.54) is 7.11 Å². The number of aromatic nitrogens is 2. The first-order valence-electron chi connectivity index (χ1n) is 13.3. The number of amides is 2. The quantitative estimate of drug-likeness (QED) is 0.539. The Kier molecular flexibility index (Phi) is 7.59. The fraction of sp³-hybridized carbons (Fsp3) is 0.593. The number of H-pyrrole nitrogens is 1. The Labute approximate surface area is 227 Å². The monoisotopic (exact) mass is 540 g/mol. The second kappa shape index (κ2) is 10.2. The molecule has 3 heterocycles. The number of nitrogens with one attached hydrogen (secondary N) is 2. The van der Waals surface area contributed by atoms with Crippen LogP contribution in [-0.2, 0) is 18.8 Å². The van der Waals surface area contributed by atoms with Crippen LogP contribution in [0.1, 0.15) is 53.4 Å². The summed E-state index contributed by atoms with van der Waals surface area (Å²) < 4.78 is 17.1. The first-order valence-corrected chi connectivity index (χ1v) is 16.7. The average Bonchev–Trinajstić information content (AvgIpc) is 3.50. The molecular formula is C27H41BN4O5Si. The molecule has 11 heteroatoms. The van der Waals surface area contributed by atoms with Crippen molar-refractivity contribution in [2.75, 3.05) is 13.3 Å². The van der Waals surface area contributed by atoms with E-state index < -0.39 is 38.5 Å². The van der Waals surface area contributed by atoms with Gasteiger partial charge in [-0.3, -0.25) is 4.79 Å². The van der Waals surface area contributed by atoms with Crippen LogP contribution in [-0.4, -0.2) is 72.6 Å². The Balaban J connectivity index is 1.54. The highest BCUT2D eigenvalue weighted by atomic mass is 28.3. The third kappa shape index (κ3) is 5.55. The molecule has 2 saturated heterocycles. The fourth-order valence-electron chi connectivity index (χ4n) is 5.08. The van der Waals surface area contributed by atoms with E-state index >= 15 is 0 Å². The van der Waals surface area contributed by atoms with Crippen molar-refractivity contribution in [1.29, 1.82) is 0 Å². The van der Waals surface area contributed by atoms with Crippen molar-refractivity contribution in [2.45, 2.75) is 84.0 Å². The number of benzene rings is 1. The van der Waals surface area contributed by atoms with E-state index in [2.05, 4.69) is 23.4 Å². The number of aromatic amines is 1. The summed E-state index contributed by atoms with van der Waals surface area (Å²) in [4.78, 5) is 35.7. The van der Waals surface area contributed by atoms with Crippen LogP contribution in [0.25, 0.3) is 11.3 Å². The minimum Gasteiger partial charge on any atom is -0.453 e. The first-order chi connectivity index (χ1) is 17.6. The van der Waals surface area contributed by atoms with Crippen molar-refractivity contribution in [1.82, 2.24) is 20.2 Å². The van der Waals surface area contributed by atoms with Gasteiger partial charge >= 0.3 is 13.2 Å². The number of hydrogen-bond donors (Lipinski definition) is 2. The molecule has 0 bridgehead atoms. The lowest BCUT2D eigenvalue weighted by atomic mass is 9.79. The van der Waals surface area contributed by atoms with E-state index in [0.29, 0.717) is 6.17 Å². The van der Waals surface area contributed by atoms with E-state index in [1.807, 2.05) is 76.9 Å². The van der Waals surface area contributed by atoms with Gasteiger partial charge in [-0.15, -0.1) is 0 Å². The minimum atomic E-state index is -1.68. The summed E-state index contributed by atoms with van der Waals surface area (Å²) in [5.41, 5.74) is 2.05. The minimum absolute atomic E-state index is 0.0812. The Bertz CT molecular complexity index is 1160. The number of rotatable bonds is 6. The second-order valence-electron chi connectivity index (χ2n) is 12.6. The molecule has 1 aromatic heterocycles. The van der Waals surface area contributed by atoms with Crippen LogP contribution in [0.3, 0.4) is 0 Å². The maximum absolute atomic E-state index is 13.7. The molecule has 2 amide bonds. The maximum Gasteiger partial charge on any atom is 0.494 e. The smallest absolute Gasteiger partial charge is 0.453 e. The number of carbonyl (C=O) groups excluding carboxylic acids is 2.